The molecule has 7 heteroatoms. The largest absolute Gasteiger partial charge is 0.461 e. The molecule has 26 heavy (non-hydrogen) atoms. The minimum Gasteiger partial charge on any atom is -0.461 e. The first-order valence-electron chi connectivity index (χ1n) is 8.72. The van der Waals surface area contributed by atoms with Crippen molar-refractivity contribution in [2.75, 3.05) is 6.54 Å². The van der Waals surface area contributed by atoms with Gasteiger partial charge in [0.1, 0.15) is 18.8 Å². The summed E-state index contributed by atoms with van der Waals surface area (Å²) in [4.78, 5) is 37.4. The number of rotatable bonds is 5. The van der Waals surface area contributed by atoms with E-state index in [1.807, 2.05) is 30.3 Å². The molecular weight excluding hydrogens is 338 g/mol. The Kier molecular flexibility index (Phi) is 7.00. The van der Waals surface area contributed by atoms with E-state index in [2.05, 4.69) is 0 Å². The Labute approximate surface area is 153 Å². The van der Waals surface area contributed by atoms with Gasteiger partial charge in [-0.25, -0.2) is 9.59 Å². The first kappa shape index (κ1) is 19.8. The summed E-state index contributed by atoms with van der Waals surface area (Å²) in [7, 11) is 0. The maximum Gasteiger partial charge on any atom is 0.410 e. The number of hydrogen-bond acceptors (Lipinski definition) is 6. The highest BCUT2D eigenvalue weighted by atomic mass is 16.6. The molecular formula is C19H25NO6. The Hall–Kier alpha value is -2.57. The van der Waals surface area contributed by atoms with E-state index >= 15 is 0 Å². The molecule has 2 rings (SSSR count). The van der Waals surface area contributed by atoms with Crippen molar-refractivity contribution in [2.24, 2.45) is 0 Å². The maximum absolute atomic E-state index is 12.6. The molecule has 1 aromatic carbocycles. The van der Waals surface area contributed by atoms with Gasteiger partial charge in [-0.3, -0.25) is 9.69 Å². The van der Waals surface area contributed by atoms with Crippen LogP contribution in [0.25, 0.3) is 0 Å². The zero-order valence-corrected chi connectivity index (χ0v) is 15.3. The van der Waals surface area contributed by atoms with Gasteiger partial charge in [-0.2, -0.15) is 0 Å². The maximum atomic E-state index is 12.6. The number of carbonyl (C=O) groups excluding carboxylic acids is 3. The number of nitrogens with zero attached hydrogens (tertiary/aromatic N) is 1. The monoisotopic (exact) mass is 363 g/mol. The fourth-order valence-electron chi connectivity index (χ4n) is 2.83. The normalized spacial score (nSPS) is 19.8. The first-order chi connectivity index (χ1) is 12.4. The van der Waals surface area contributed by atoms with Crippen LogP contribution >= 0.6 is 0 Å². The highest BCUT2D eigenvalue weighted by Gasteiger charge is 2.39. The second-order valence-electron chi connectivity index (χ2n) is 6.50. The Morgan fingerprint density at radius 1 is 1.15 bits per heavy atom. The summed E-state index contributed by atoms with van der Waals surface area (Å²) in [5.41, 5.74) is 0.843. The molecule has 0 spiro atoms. The number of ether oxygens (including phenoxy) is 3. The lowest BCUT2D eigenvalue weighted by atomic mass is 10.0. The van der Waals surface area contributed by atoms with E-state index in [1.165, 1.54) is 11.8 Å². The molecule has 1 heterocycles. The van der Waals surface area contributed by atoms with Gasteiger partial charge in [0.15, 0.2) is 0 Å². The molecule has 142 valence electrons. The van der Waals surface area contributed by atoms with Crippen molar-refractivity contribution in [3.05, 3.63) is 35.9 Å². The Morgan fingerprint density at radius 3 is 2.46 bits per heavy atom. The minimum absolute atomic E-state index is 0.0976. The summed E-state index contributed by atoms with van der Waals surface area (Å²) in [6.07, 6.45) is -0.531. The van der Waals surface area contributed by atoms with Gasteiger partial charge in [0.25, 0.3) is 0 Å². The van der Waals surface area contributed by atoms with Crippen molar-refractivity contribution in [1.82, 2.24) is 4.90 Å². The molecule has 0 aliphatic carbocycles. The summed E-state index contributed by atoms with van der Waals surface area (Å²) >= 11 is 0. The molecule has 1 aliphatic rings. The molecule has 0 radical (unpaired) electrons. The number of carbonyl (C=O) groups is 3. The number of likely N-dealkylation sites (tertiary alicyclic amines) is 1. The van der Waals surface area contributed by atoms with Crippen LogP contribution in [0.1, 0.15) is 39.2 Å². The van der Waals surface area contributed by atoms with E-state index in [0.717, 1.165) is 5.56 Å². The van der Waals surface area contributed by atoms with Crippen molar-refractivity contribution < 1.29 is 28.6 Å². The first-order valence-corrected chi connectivity index (χ1v) is 8.72. The Morgan fingerprint density at radius 2 is 1.85 bits per heavy atom. The third kappa shape index (κ3) is 5.75. The van der Waals surface area contributed by atoms with Gasteiger partial charge < -0.3 is 14.2 Å². The smallest absolute Gasteiger partial charge is 0.410 e. The third-order valence-corrected chi connectivity index (χ3v) is 3.93. The van der Waals surface area contributed by atoms with Gasteiger partial charge >= 0.3 is 18.0 Å². The molecule has 2 atom stereocenters. The lowest BCUT2D eigenvalue weighted by Crippen LogP contribution is -2.53. The molecule has 0 unspecified atom stereocenters. The molecule has 0 N–H and O–H groups in total. The van der Waals surface area contributed by atoms with E-state index in [0.29, 0.717) is 12.8 Å². The zero-order valence-electron chi connectivity index (χ0n) is 15.3. The Balaban J connectivity index is 2.05. The fourth-order valence-corrected chi connectivity index (χ4v) is 2.83. The molecule has 0 aromatic heterocycles. The van der Waals surface area contributed by atoms with E-state index in [-0.39, 0.29) is 19.3 Å². The minimum atomic E-state index is -0.743. The van der Waals surface area contributed by atoms with Crippen molar-refractivity contribution in [1.29, 1.82) is 0 Å². The number of esters is 2. The van der Waals surface area contributed by atoms with Crippen molar-refractivity contribution >= 4 is 18.0 Å². The highest BCUT2D eigenvalue weighted by molar-refractivity contribution is 5.82. The standard InChI is InChI=1S/C19H25NO6/c1-13(2)25-18(22)17-10-9-16(26-14(3)21)11-20(17)19(23)24-12-15-7-5-4-6-8-15/h4-8,13,16-17H,9-12H2,1-3H3/t16-,17+/m1/s1. The highest BCUT2D eigenvalue weighted by Crippen LogP contribution is 2.22. The average molecular weight is 363 g/mol. The summed E-state index contributed by atoms with van der Waals surface area (Å²) in [6.45, 7) is 5.02. The lowest BCUT2D eigenvalue weighted by Gasteiger charge is -2.37. The molecule has 1 fully saturated rings. The topological polar surface area (TPSA) is 82.1 Å². The Bertz CT molecular complexity index is 630. The summed E-state index contributed by atoms with van der Waals surface area (Å²) in [5.74, 6) is -0.895. The van der Waals surface area contributed by atoms with Crippen molar-refractivity contribution in [2.45, 2.75) is 58.5 Å². The molecule has 1 saturated heterocycles. The lowest BCUT2D eigenvalue weighted by molar-refractivity contribution is -0.159. The van der Waals surface area contributed by atoms with Crippen LogP contribution < -0.4 is 0 Å². The fraction of sp³-hybridized carbons (Fsp3) is 0.526. The predicted molar refractivity (Wildman–Crippen MR) is 93.1 cm³/mol. The zero-order chi connectivity index (χ0) is 19.1. The predicted octanol–water partition coefficient (Wildman–Crippen LogP) is 2.67. The van der Waals surface area contributed by atoms with Crippen molar-refractivity contribution in [3.8, 4) is 0 Å². The van der Waals surface area contributed by atoms with Crippen LogP contribution in [0.5, 0.6) is 0 Å². The van der Waals surface area contributed by atoms with Crippen molar-refractivity contribution in [3.63, 3.8) is 0 Å². The van der Waals surface area contributed by atoms with Gasteiger partial charge in [-0.05, 0) is 32.3 Å². The van der Waals surface area contributed by atoms with Gasteiger partial charge in [0.2, 0.25) is 0 Å². The van der Waals surface area contributed by atoms with E-state index in [9.17, 15) is 14.4 Å². The summed E-state index contributed by atoms with van der Waals surface area (Å²) in [5, 5.41) is 0. The van der Waals surface area contributed by atoms with Crippen LogP contribution in [0.15, 0.2) is 30.3 Å². The average Bonchev–Trinajstić information content (AvgIpc) is 2.59. The van der Waals surface area contributed by atoms with Gasteiger partial charge in [-0.1, -0.05) is 30.3 Å². The molecule has 0 saturated carbocycles. The number of hydrogen-bond donors (Lipinski definition) is 0. The quantitative estimate of drug-likeness (QED) is 0.591. The van der Waals surface area contributed by atoms with Crippen LogP contribution in [-0.2, 0) is 30.4 Å². The summed E-state index contributed by atoms with van der Waals surface area (Å²) < 4.78 is 15.8. The second kappa shape index (κ2) is 9.22. The van der Waals surface area contributed by atoms with Crippen LogP contribution in [0, 0.1) is 0 Å². The number of piperidine rings is 1. The third-order valence-electron chi connectivity index (χ3n) is 3.93. The number of amides is 1. The van der Waals surface area contributed by atoms with Crippen LogP contribution in [-0.4, -0.2) is 47.7 Å². The number of benzene rings is 1. The molecule has 0 bridgehead atoms. The molecule has 7 nitrogen and oxygen atoms in total. The SMILES string of the molecule is CC(=O)O[C@@H]1CC[C@@H](C(=O)OC(C)C)N(C(=O)OCc2ccccc2)C1. The van der Waals surface area contributed by atoms with E-state index in [4.69, 9.17) is 14.2 Å². The second-order valence-corrected chi connectivity index (χ2v) is 6.50. The molecule has 1 aromatic rings. The molecule has 1 amide bonds. The van der Waals surface area contributed by atoms with Crippen LogP contribution in [0.4, 0.5) is 4.79 Å². The van der Waals surface area contributed by atoms with Gasteiger partial charge in [-0.15, -0.1) is 0 Å². The van der Waals surface area contributed by atoms with Crippen LogP contribution in [0.2, 0.25) is 0 Å². The van der Waals surface area contributed by atoms with Gasteiger partial charge in [0.05, 0.1) is 12.6 Å². The molecule has 1 aliphatic heterocycles. The van der Waals surface area contributed by atoms with E-state index in [1.54, 1.807) is 13.8 Å². The summed E-state index contributed by atoms with van der Waals surface area (Å²) in [6, 6.07) is 8.52. The van der Waals surface area contributed by atoms with E-state index < -0.39 is 30.2 Å². The van der Waals surface area contributed by atoms with Crippen LogP contribution in [0.3, 0.4) is 0 Å². The van der Waals surface area contributed by atoms with Gasteiger partial charge in [0, 0.05) is 6.92 Å².